The van der Waals surface area contributed by atoms with Crippen LogP contribution in [-0.2, 0) is 13.0 Å². The second kappa shape index (κ2) is 11.5. The van der Waals surface area contributed by atoms with Gasteiger partial charge < -0.3 is 20.3 Å². The van der Waals surface area contributed by atoms with Gasteiger partial charge in [0.25, 0.3) is 5.56 Å². The van der Waals surface area contributed by atoms with Crippen molar-refractivity contribution in [1.82, 2.24) is 25.2 Å². The van der Waals surface area contributed by atoms with Crippen molar-refractivity contribution in [1.29, 1.82) is 0 Å². The zero-order chi connectivity index (χ0) is 30.5. The summed E-state index contributed by atoms with van der Waals surface area (Å²) in [7, 11) is 1.50. The van der Waals surface area contributed by atoms with Crippen molar-refractivity contribution < 1.29 is 9.13 Å². The van der Waals surface area contributed by atoms with E-state index in [1.165, 1.54) is 24.3 Å². The summed E-state index contributed by atoms with van der Waals surface area (Å²) in [6.07, 6.45) is 2.76. The van der Waals surface area contributed by atoms with E-state index in [1.54, 1.807) is 18.2 Å². The van der Waals surface area contributed by atoms with Gasteiger partial charge in [0, 0.05) is 36.9 Å². The van der Waals surface area contributed by atoms with Gasteiger partial charge in [0.05, 0.1) is 25.1 Å². The van der Waals surface area contributed by atoms with Gasteiger partial charge in [-0.05, 0) is 86.1 Å². The minimum Gasteiger partial charge on any atom is -0.497 e. The second-order valence-corrected chi connectivity index (χ2v) is 13.5. The van der Waals surface area contributed by atoms with Gasteiger partial charge in [0.2, 0.25) is 0 Å². The molecule has 0 amide bonds. The van der Waals surface area contributed by atoms with Crippen molar-refractivity contribution in [2.75, 3.05) is 25.5 Å². The Hall–Kier alpha value is -3.53. The zero-order valence-corrected chi connectivity index (χ0v) is 26.1. The lowest BCUT2D eigenvalue weighted by atomic mass is 9.45. The number of anilines is 1. The molecule has 9 nitrogen and oxygen atoms in total. The van der Waals surface area contributed by atoms with Gasteiger partial charge in [-0.3, -0.25) is 4.79 Å². The van der Waals surface area contributed by atoms with E-state index in [0.29, 0.717) is 58.0 Å². The highest BCUT2D eigenvalue weighted by Gasteiger charge is 2.56. The van der Waals surface area contributed by atoms with E-state index in [0.717, 1.165) is 37.1 Å². The topological polar surface area (TPSA) is 96.7 Å². The molecule has 1 aliphatic heterocycles. The Morgan fingerprint density at radius 2 is 1.91 bits per heavy atom. The molecule has 0 spiro atoms. The Morgan fingerprint density at radius 3 is 2.58 bits per heavy atom. The lowest BCUT2D eigenvalue weighted by molar-refractivity contribution is -0.108. The van der Waals surface area contributed by atoms with Gasteiger partial charge in [-0.1, -0.05) is 32.1 Å². The molecule has 2 aromatic carbocycles. The zero-order valence-electron chi connectivity index (χ0n) is 26.1. The SMILES string of the molecule is COc1ccc(CCn2nnc3cc(NC(=N[C@H]4C[C@H]5C[C@@H]([C@@H]4C)C5(C)C)N4C[C@@H](C)N[C@@H](C)C4)ccc3c2=O)c(F)c1. The molecule has 4 fully saturated rings. The molecular weight excluding hydrogens is 545 g/mol. The predicted molar refractivity (Wildman–Crippen MR) is 168 cm³/mol. The molecule has 1 saturated heterocycles. The van der Waals surface area contributed by atoms with E-state index in [4.69, 9.17) is 9.73 Å². The number of hydrogen-bond acceptors (Lipinski definition) is 6. The highest BCUT2D eigenvalue weighted by molar-refractivity contribution is 5.96. The monoisotopic (exact) mass is 589 g/mol. The van der Waals surface area contributed by atoms with Gasteiger partial charge in [0.15, 0.2) is 5.96 Å². The number of ether oxygens (including phenoxy) is 1. The normalized spacial score (nSPS) is 28.4. The van der Waals surface area contributed by atoms with Crippen LogP contribution in [0, 0.1) is 29.0 Å². The first-order valence-electron chi connectivity index (χ1n) is 15.6. The molecule has 230 valence electrons. The van der Waals surface area contributed by atoms with Gasteiger partial charge >= 0.3 is 0 Å². The highest BCUT2D eigenvalue weighted by Crippen LogP contribution is 2.61. The molecule has 3 aliphatic carbocycles. The summed E-state index contributed by atoms with van der Waals surface area (Å²) >= 11 is 0. The molecule has 3 aromatic rings. The molecule has 3 saturated carbocycles. The van der Waals surface area contributed by atoms with Crippen molar-refractivity contribution in [3.8, 4) is 5.75 Å². The van der Waals surface area contributed by atoms with E-state index < -0.39 is 0 Å². The maximum absolute atomic E-state index is 14.4. The summed E-state index contributed by atoms with van der Waals surface area (Å²) < 4.78 is 20.8. The van der Waals surface area contributed by atoms with Crippen molar-refractivity contribution in [2.45, 2.75) is 78.6 Å². The van der Waals surface area contributed by atoms with Crippen LogP contribution in [0.1, 0.15) is 53.0 Å². The van der Waals surface area contributed by atoms with Crippen LogP contribution < -0.4 is 20.9 Å². The molecule has 2 heterocycles. The number of aryl methyl sites for hydroxylation is 2. The molecule has 1 aromatic heterocycles. The first-order valence-corrected chi connectivity index (χ1v) is 15.6. The third kappa shape index (κ3) is 5.73. The van der Waals surface area contributed by atoms with Crippen LogP contribution in [0.2, 0.25) is 0 Å². The third-order valence-corrected chi connectivity index (χ3v) is 10.3. The van der Waals surface area contributed by atoms with Crippen LogP contribution in [0.25, 0.3) is 10.9 Å². The van der Waals surface area contributed by atoms with Gasteiger partial charge in [-0.15, -0.1) is 5.10 Å². The van der Waals surface area contributed by atoms with E-state index in [2.05, 4.69) is 60.5 Å². The predicted octanol–water partition coefficient (Wildman–Crippen LogP) is 4.70. The molecule has 4 aliphatic rings. The van der Waals surface area contributed by atoms with Gasteiger partial charge in [-0.25, -0.2) is 14.1 Å². The maximum atomic E-state index is 14.4. The van der Waals surface area contributed by atoms with Crippen LogP contribution in [0.15, 0.2) is 46.2 Å². The Kier molecular flexibility index (Phi) is 7.91. The molecule has 6 atom stereocenters. The number of methoxy groups -OCH3 is 1. The van der Waals surface area contributed by atoms with Crippen molar-refractivity contribution in [2.24, 2.45) is 28.2 Å². The van der Waals surface area contributed by atoms with Crippen LogP contribution in [0.5, 0.6) is 5.75 Å². The average molecular weight is 590 g/mol. The summed E-state index contributed by atoms with van der Waals surface area (Å²) in [4.78, 5) is 21.0. The number of hydrogen-bond donors (Lipinski definition) is 2. The quantitative estimate of drug-likeness (QED) is 0.318. The number of aromatic nitrogens is 3. The van der Waals surface area contributed by atoms with E-state index in [-0.39, 0.29) is 24.0 Å². The Labute approximate surface area is 252 Å². The first-order chi connectivity index (χ1) is 20.5. The number of halogens is 1. The Balaban J connectivity index is 1.23. The number of nitrogens with one attached hydrogen (secondary N) is 2. The molecule has 2 bridgehead atoms. The second-order valence-electron chi connectivity index (χ2n) is 13.5. The summed E-state index contributed by atoms with van der Waals surface area (Å²) in [5, 5.41) is 16.3. The fourth-order valence-electron chi connectivity index (χ4n) is 7.66. The fraction of sp³-hybridized carbons (Fsp3) is 0.576. The van der Waals surface area contributed by atoms with Crippen LogP contribution in [-0.4, -0.2) is 64.2 Å². The van der Waals surface area contributed by atoms with E-state index >= 15 is 0 Å². The van der Waals surface area contributed by atoms with E-state index in [1.807, 2.05) is 12.1 Å². The third-order valence-electron chi connectivity index (χ3n) is 10.3. The summed E-state index contributed by atoms with van der Waals surface area (Å²) in [5.74, 6) is 2.94. The first kappa shape index (κ1) is 29.5. The van der Waals surface area contributed by atoms with Crippen molar-refractivity contribution >= 4 is 22.5 Å². The number of guanidine groups is 1. The largest absolute Gasteiger partial charge is 0.497 e. The average Bonchev–Trinajstić information content (AvgIpc) is 2.97. The standard InChI is InChI=1S/C33H44FN7O2/c1-19-17-40(18-20(2)35-19)32(37-29-14-23-13-27(21(29)3)33(23,4)5)36-24-8-10-26-30(15-24)38-39-41(31(26)42)12-11-22-7-9-25(43-6)16-28(22)34/h7-10,15-16,19-21,23,27,29,35H,11-14,17-18H2,1-6H3,(H,36,37)/t19-,20+,21-,23+,27-,29-/m0/s1. The van der Waals surface area contributed by atoms with Crippen LogP contribution >= 0.6 is 0 Å². The molecule has 43 heavy (non-hydrogen) atoms. The Bertz CT molecular complexity index is 1580. The highest BCUT2D eigenvalue weighted by atomic mass is 19.1. The minimum absolute atomic E-state index is 0.222. The van der Waals surface area contributed by atoms with Gasteiger partial charge in [-0.2, -0.15) is 0 Å². The summed E-state index contributed by atoms with van der Waals surface area (Å²) in [6.45, 7) is 13.6. The molecule has 2 N–H and O–H groups in total. The lowest BCUT2D eigenvalue weighted by Crippen LogP contribution is -2.59. The molecule has 10 heteroatoms. The lowest BCUT2D eigenvalue weighted by Gasteiger charge is -2.61. The van der Waals surface area contributed by atoms with Crippen LogP contribution in [0.4, 0.5) is 10.1 Å². The van der Waals surface area contributed by atoms with Crippen molar-refractivity contribution in [3.63, 3.8) is 0 Å². The number of piperazine rings is 1. The molecule has 0 unspecified atom stereocenters. The fourth-order valence-corrected chi connectivity index (χ4v) is 7.66. The number of rotatable bonds is 6. The van der Waals surface area contributed by atoms with Crippen LogP contribution in [0.3, 0.4) is 0 Å². The number of benzene rings is 2. The summed E-state index contributed by atoms with van der Waals surface area (Å²) in [6, 6.07) is 11.3. The molecule has 0 radical (unpaired) electrons. The smallest absolute Gasteiger partial charge is 0.277 e. The Morgan fingerprint density at radius 1 is 1.14 bits per heavy atom. The van der Waals surface area contributed by atoms with Gasteiger partial charge in [0.1, 0.15) is 17.1 Å². The molecule has 7 rings (SSSR count). The molecular formula is C33H44FN7O2. The minimum atomic E-state index is -0.369. The number of nitrogens with zero attached hydrogens (tertiary/aromatic N) is 5. The number of aliphatic imine (C=N–C) groups is 1. The number of fused-ring (bicyclic) bond motifs is 3. The van der Waals surface area contributed by atoms with E-state index in [9.17, 15) is 9.18 Å². The maximum Gasteiger partial charge on any atom is 0.277 e. The summed E-state index contributed by atoms with van der Waals surface area (Å²) in [5.41, 5.74) is 1.99. The van der Waals surface area contributed by atoms with Crippen molar-refractivity contribution in [3.05, 3.63) is 58.1 Å².